The zero-order chi connectivity index (χ0) is 16.0. The second-order valence-electron chi connectivity index (χ2n) is 5.69. The Bertz CT molecular complexity index is 483. The number of hydrogen-bond acceptors (Lipinski definition) is 4. The van der Waals surface area contributed by atoms with E-state index in [1.165, 1.54) is 18.3 Å². The molecule has 1 rings (SSSR count). The van der Waals surface area contributed by atoms with E-state index in [2.05, 4.69) is 18.8 Å². The van der Waals surface area contributed by atoms with E-state index >= 15 is 0 Å². The molecule has 1 aromatic heterocycles. The Morgan fingerprint density at radius 2 is 1.90 bits per heavy atom. The molecule has 1 heterocycles. The van der Waals surface area contributed by atoms with Gasteiger partial charge in [-0.05, 0) is 32.1 Å². The molecule has 1 aromatic rings. The molecular weight excluding hydrogens is 270 g/mol. The van der Waals surface area contributed by atoms with E-state index in [4.69, 9.17) is 5.11 Å². The molecule has 21 heavy (non-hydrogen) atoms. The van der Waals surface area contributed by atoms with Crippen LogP contribution in [0.3, 0.4) is 0 Å². The lowest BCUT2D eigenvalue weighted by molar-refractivity contribution is 0.0685. The van der Waals surface area contributed by atoms with Crippen LogP contribution in [0.2, 0.25) is 0 Å². The summed E-state index contributed by atoms with van der Waals surface area (Å²) in [5, 5.41) is 8.82. The average molecular weight is 293 g/mol. The number of carbonyl (C=O) groups is 2. The molecule has 1 amide bonds. The maximum atomic E-state index is 12.5. The van der Waals surface area contributed by atoms with Crippen molar-refractivity contribution in [1.82, 2.24) is 14.8 Å². The van der Waals surface area contributed by atoms with Gasteiger partial charge in [0.05, 0.1) is 5.56 Å². The summed E-state index contributed by atoms with van der Waals surface area (Å²) in [5.41, 5.74) is 0.356. The number of rotatable bonds is 7. The fourth-order valence-corrected chi connectivity index (χ4v) is 1.87. The Labute approximate surface area is 125 Å². The highest BCUT2D eigenvalue weighted by Crippen LogP contribution is 2.08. The van der Waals surface area contributed by atoms with Gasteiger partial charge in [0.2, 0.25) is 0 Å². The first kappa shape index (κ1) is 17.1. The van der Waals surface area contributed by atoms with Gasteiger partial charge in [-0.25, -0.2) is 9.78 Å². The molecule has 0 saturated heterocycles. The molecule has 6 nitrogen and oxygen atoms in total. The van der Waals surface area contributed by atoms with Gasteiger partial charge in [-0.1, -0.05) is 13.8 Å². The van der Waals surface area contributed by atoms with Crippen LogP contribution in [0.4, 0.5) is 0 Å². The minimum atomic E-state index is -1.10. The number of nitrogens with zero attached hydrogens (tertiary/aromatic N) is 3. The largest absolute Gasteiger partial charge is 0.477 e. The third-order valence-corrected chi connectivity index (χ3v) is 2.92. The van der Waals surface area contributed by atoms with Crippen LogP contribution in [0.5, 0.6) is 0 Å². The van der Waals surface area contributed by atoms with Crippen molar-refractivity contribution in [3.05, 3.63) is 29.6 Å². The van der Waals surface area contributed by atoms with Crippen molar-refractivity contribution in [1.29, 1.82) is 0 Å². The zero-order valence-corrected chi connectivity index (χ0v) is 13.0. The predicted octanol–water partition coefficient (Wildman–Crippen LogP) is 1.44. The third kappa shape index (κ3) is 5.51. The highest BCUT2D eigenvalue weighted by molar-refractivity contribution is 5.94. The number of likely N-dealkylation sites (N-methyl/N-ethyl adjacent to an activating group) is 1. The summed E-state index contributed by atoms with van der Waals surface area (Å²) in [6, 6.07) is 2.87. The topological polar surface area (TPSA) is 73.7 Å². The van der Waals surface area contributed by atoms with Crippen LogP contribution in [0.25, 0.3) is 0 Å². The summed E-state index contributed by atoms with van der Waals surface area (Å²) >= 11 is 0. The van der Waals surface area contributed by atoms with E-state index in [9.17, 15) is 9.59 Å². The van der Waals surface area contributed by atoms with Gasteiger partial charge in [0.15, 0.2) is 0 Å². The number of aromatic nitrogens is 1. The van der Waals surface area contributed by atoms with E-state index in [1.54, 1.807) is 4.90 Å². The lowest BCUT2D eigenvalue weighted by Gasteiger charge is -2.26. The van der Waals surface area contributed by atoms with Crippen LogP contribution in [-0.2, 0) is 0 Å². The summed E-state index contributed by atoms with van der Waals surface area (Å²) < 4.78 is 0. The predicted molar refractivity (Wildman–Crippen MR) is 80.5 cm³/mol. The summed E-state index contributed by atoms with van der Waals surface area (Å²) in [6.45, 7) is 6.18. The van der Waals surface area contributed by atoms with E-state index in [0.717, 1.165) is 6.54 Å². The van der Waals surface area contributed by atoms with Gasteiger partial charge in [0.25, 0.3) is 5.91 Å². The summed E-state index contributed by atoms with van der Waals surface area (Å²) in [7, 11) is 3.92. The van der Waals surface area contributed by atoms with Crippen molar-refractivity contribution in [2.24, 2.45) is 5.92 Å². The number of pyridine rings is 1. The molecule has 0 spiro atoms. The van der Waals surface area contributed by atoms with Crippen LogP contribution < -0.4 is 0 Å². The molecule has 6 heteroatoms. The molecule has 0 unspecified atom stereocenters. The van der Waals surface area contributed by atoms with Crippen molar-refractivity contribution in [2.45, 2.75) is 13.8 Å². The summed E-state index contributed by atoms with van der Waals surface area (Å²) in [5.74, 6) is -0.849. The Morgan fingerprint density at radius 1 is 1.24 bits per heavy atom. The Hall–Kier alpha value is -1.95. The molecule has 0 bridgehead atoms. The maximum absolute atomic E-state index is 12.5. The number of hydrogen-bond donors (Lipinski definition) is 1. The molecule has 0 saturated carbocycles. The Morgan fingerprint density at radius 3 is 2.33 bits per heavy atom. The van der Waals surface area contributed by atoms with Crippen molar-refractivity contribution in [3.8, 4) is 0 Å². The Balaban J connectivity index is 2.85. The molecule has 0 aromatic carbocycles. The molecule has 0 aliphatic heterocycles. The van der Waals surface area contributed by atoms with Crippen LogP contribution in [0.1, 0.15) is 34.7 Å². The SMILES string of the molecule is CC(C)CN(CCN(C)C)C(=O)c1ccc(C(=O)O)nc1. The molecule has 0 atom stereocenters. The lowest BCUT2D eigenvalue weighted by Crippen LogP contribution is -2.39. The van der Waals surface area contributed by atoms with Crippen molar-refractivity contribution in [3.63, 3.8) is 0 Å². The summed E-state index contributed by atoms with van der Waals surface area (Å²) in [6.07, 6.45) is 1.33. The molecule has 1 N–H and O–H groups in total. The summed E-state index contributed by atoms with van der Waals surface area (Å²) in [4.78, 5) is 30.9. The fourth-order valence-electron chi connectivity index (χ4n) is 1.87. The van der Waals surface area contributed by atoms with E-state index < -0.39 is 5.97 Å². The lowest BCUT2D eigenvalue weighted by atomic mass is 10.1. The first-order chi connectivity index (χ1) is 9.81. The third-order valence-electron chi connectivity index (χ3n) is 2.92. The zero-order valence-electron chi connectivity index (χ0n) is 13.0. The minimum absolute atomic E-state index is 0.0600. The number of carboxylic acid groups (broad SMARTS) is 1. The quantitative estimate of drug-likeness (QED) is 0.823. The number of aromatic carboxylic acids is 1. The number of carbonyl (C=O) groups excluding carboxylic acids is 1. The van der Waals surface area contributed by atoms with Gasteiger partial charge in [-0.15, -0.1) is 0 Å². The molecule has 0 fully saturated rings. The number of carboxylic acids is 1. The van der Waals surface area contributed by atoms with Gasteiger partial charge < -0.3 is 14.9 Å². The van der Waals surface area contributed by atoms with Gasteiger partial charge >= 0.3 is 5.97 Å². The average Bonchev–Trinajstić information content (AvgIpc) is 2.42. The fraction of sp³-hybridized carbons (Fsp3) is 0.533. The van der Waals surface area contributed by atoms with Crippen LogP contribution in [0.15, 0.2) is 18.3 Å². The highest BCUT2D eigenvalue weighted by atomic mass is 16.4. The van der Waals surface area contributed by atoms with Crippen molar-refractivity contribution < 1.29 is 14.7 Å². The second kappa shape index (κ2) is 7.73. The normalized spacial score (nSPS) is 11.0. The maximum Gasteiger partial charge on any atom is 0.354 e. The van der Waals surface area contributed by atoms with Gasteiger partial charge in [0.1, 0.15) is 5.69 Å². The monoisotopic (exact) mass is 293 g/mol. The van der Waals surface area contributed by atoms with Gasteiger partial charge in [-0.3, -0.25) is 4.79 Å². The first-order valence-corrected chi connectivity index (χ1v) is 6.94. The standard InChI is InChI=1S/C15H23N3O3/c1-11(2)10-18(8-7-17(3)4)14(19)12-5-6-13(15(20)21)16-9-12/h5-6,9,11H,7-8,10H2,1-4H3,(H,20,21). The number of amides is 1. The molecule has 116 valence electrons. The molecule has 0 radical (unpaired) electrons. The van der Waals surface area contributed by atoms with Gasteiger partial charge in [0, 0.05) is 25.8 Å². The van der Waals surface area contributed by atoms with Crippen molar-refractivity contribution in [2.75, 3.05) is 33.7 Å². The Kier molecular flexibility index (Phi) is 6.30. The van der Waals surface area contributed by atoms with Crippen LogP contribution >= 0.6 is 0 Å². The van der Waals surface area contributed by atoms with E-state index in [-0.39, 0.29) is 11.6 Å². The highest BCUT2D eigenvalue weighted by Gasteiger charge is 2.18. The smallest absolute Gasteiger partial charge is 0.354 e. The molecular formula is C15H23N3O3. The van der Waals surface area contributed by atoms with Crippen LogP contribution in [-0.4, -0.2) is 65.5 Å². The molecule has 0 aliphatic rings. The van der Waals surface area contributed by atoms with Crippen LogP contribution in [0, 0.1) is 5.92 Å². The van der Waals surface area contributed by atoms with E-state index in [0.29, 0.717) is 24.6 Å². The van der Waals surface area contributed by atoms with E-state index in [1.807, 2.05) is 19.0 Å². The molecule has 0 aliphatic carbocycles. The van der Waals surface area contributed by atoms with Crippen molar-refractivity contribution >= 4 is 11.9 Å². The first-order valence-electron chi connectivity index (χ1n) is 6.94. The minimum Gasteiger partial charge on any atom is -0.477 e. The second-order valence-corrected chi connectivity index (χ2v) is 5.69. The van der Waals surface area contributed by atoms with Gasteiger partial charge in [-0.2, -0.15) is 0 Å².